The number of ether oxygens (including phenoxy) is 3. The molecule has 2 aromatic heterocycles. The van der Waals surface area contributed by atoms with E-state index >= 15 is 0 Å². The van der Waals surface area contributed by atoms with Crippen molar-refractivity contribution in [3.63, 3.8) is 0 Å². The Bertz CT molecular complexity index is 2080. The van der Waals surface area contributed by atoms with Gasteiger partial charge in [-0.3, -0.25) is 0 Å². The summed E-state index contributed by atoms with van der Waals surface area (Å²) in [5.74, 6) is -2.21. The number of aromatic nitrogens is 6. The first-order chi connectivity index (χ1) is 25.4. The first-order valence-corrected chi connectivity index (χ1v) is 17.9. The minimum Gasteiger partial charge on any atom is -0.491 e. The molecule has 0 radical (unpaired) electrons. The van der Waals surface area contributed by atoms with Crippen LogP contribution in [0.25, 0.3) is 5.69 Å². The van der Waals surface area contributed by atoms with Crippen LogP contribution in [0, 0.1) is 0 Å². The van der Waals surface area contributed by atoms with Gasteiger partial charge in [0.2, 0.25) is 5.79 Å². The molecule has 2 fully saturated rings. The highest BCUT2D eigenvalue weighted by atomic mass is 35.5. The van der Waals surface area contributed by atoms with E-state index in [4.69, 9.17) is 37.4 Å². The maximum Gasteiger partial charge on any atom is 0.453 e. The lowest BCUT2D eigenvalue weighted by molar-refractivity contribution is -0.191. The monoisotopic (exact) mass is 772 g/mol. The van der Waals surface area contributed by atoms with Crippen LogP contribution in [0.3, 0.4) is 0 Å². The molecule has 0 bridgehead atoms. The molecule has 0 N–H and O–H groups in total. The Labute approximate surface area is 313 Å². The molecule has 280 valence electrons. The van der Waals surface area contributed by atoms with Gasteiger partial charge >= 0.3 is 11.9 Å². The van der Waals surface area contributed by atoms with E-state index in [1.54, 1.807) is 23.0 Å². The Morgan fingerprint density at radius 1 is 0.943 bits per heavy atom. The fourth-order valence-electron chi connectivity index (χ4n) is 6.43. The SMILES string of the molecule is CCC(C)n1ncn(-c2ccc(N3CCN(c4ccc(OC[C@@H]5CO[C@@](Cn6cnc(C(F)(F)F)n6)(c6ccc(Cl)cc6Cl)O5)cc4)CC3)cc2)c1=O. The number of nitrogens with zero attached hydrogens (tertiary/aromatic N) is 8. The van der Waals surface area contributed by atoms with Gasteiger partial charge in [-0.25, -0.2) is 23.7 Å². The van der Waals surface area contributed by atoms with Crippen molar-refractivity contribution in [3.05, 3.63) is 111 Å². The van der Waals surface area contributed by atoms with Crippen LogP contribution >= 0.6 is 23.2 Å². The number of halogens is 5. The fourth-order valence-corrected chi connectivity index (χ4v) is 6.98. The maximum atomic E-state index is 13.2. The maximum absolute atomic E-state index is 13.2. The molecule has 2 aliphatic heterocycles. The predicted molar refractivity (Wildman–Crippen MR) is 193 cm³/mol. The molecule has 12 nitrogen and oxygen atoms in total. The number of benzene rings is 3. The van der Waals surface area contributed by atoms with Crippen molar-refractivity contribution in [1.29, 1.82) is 0 Å². The van der Waals surface area contributed by atoms with Gasteiger partial charge in [-0.05, 0) is 74.0 Å². The van der Waals surface area contributed by atoms with Crippen LogP contribution in [-0.2, 0) is 28.0 Å². The van der Waals surface area contributed by atoms with E-state index < -0.39 is 23.9 Å². The Hall–Kier alpha value is -4.57. The first kappa shape index (κ1) is 36.8. The number of rotatable bonds is 11. The highest BCUT2D eigenvalue weighted by Crippen LogP contribution is 2.41. The van der Waals surface area contributed by atoms with Crippen LogP contribution in [0.4, 0.5) is 24.5 Å². The zero-order valence-corrected chi connectivity index (χ0v) is 30.4. The van der Waals surface area contributed by atoms with Gasteiger partial charge in [0.25, 0.3) is 5.82 Å². The second kappa shape index (κ2) is 15.0. The molecule has 0 spiro atoms. The molecule has 0 saturated carbocycles. The van der Waals surface area contributed by atoms with Crippen LogP contribution in [0.15, 0.2) is 84.2 Å². The van der Waals surface area contributed by atoms with Gasteiger partial charge in [-0.15, -0.1) is 5.10 Å². The lowest BCUT2D eigenvalue weighted by Crippen LogP contribution is -2.46. The molecule has 0 aliphatic carbocycles. The number of piperazine rings is 1. The fraction of sp³-hybridized carbons (Fsp3) is 0.389. The molecular formula is C36H37Cl2F3N8O4. The quantitative estimate of drug-likeness (QED) is 0.147. The van der Waals surface area contributed by atoms with Gasteiger partial charge in [-0.2, -0.15) is 18.3 Å². The van der Waals surface area contributed by atoms with Gasteiger partial charge < -0.3 is 24.0 Å². The number of alkyl halides is 3. The summed E-state index contributed by atoms with van der Waals surface area (Å²) in [5, 5.41) is 8.46. The van der Waals surface area contributed by atoms with Gasteiger partial charge in [-0.1, -0.05) is 36.2 Å². The highest BCUT2D eigenvalue weighted by Gasteiger charge is 2.46. The third kappa shape index (κ3) is 7.88. The summed E-state index contributed by atoms with van der Waals surface area (Å²) in [6.45, 7) is 7.27. The summed E-state index contributed by atoms with van der Waals surface area (Å²) in [6.07, 6.45) is -1.91. The summed E-state index contributed by atoms with van der Waals surface area (Å²) in [6, 6.07) is 20.5. The highest BCUT2D eigenvalue weighted by molar-refractivity contribution is 6.35. The molecular weight excluding hydrogens is 736 g/mol. The summed E-state index contributed by atoms with van der Waals surface area (Å²) < 4.78 is 62.2. The van der Waals surface area contributed by atoms with Gasteiger partial charge in [0, 0.05) is 48.1 Å². The molecule has 1 unspecified atom stereocenters. The van der Waals surface area contributed by atoms with Crippen LogP contribution in [-0.4, -0.2) is 74.6 Å². The van der Waals surface area contributed by atoms with Crippen molar-refractivity contribution in [2.24, 2.45) is 0 Å². The first-order valence-electron chi connectivity index (χ1n) is 17.2. The summed E-state index contributed by atoms with van der Waals surface area (Å²) >= 11 is 12.6. The van der Waals surface area contributed by atoms with Crippen molar-refractivity contribution < 1.29 is 27.4 Å². The van der Waals surface area contributed by atoms with E-state index in [1.807, 2.05) is 62.4 Å². The van der Waals surface area contributed by atoms with Crippen LogP contribution < -0.4 is 20.2 Å². The van der Waals surface area contributed by atoms with E-state index in [9.17, 15) is 18.0 Å². The average molecular weight is 774 g/mol. The van der Waals surface area contributed by atoms with Gasteiger partial charge in [0.1, 0.15) is 37.7 Å². The van der Waals surface area contributed by atoms with E-state index in [0.717, 1.165) is 60.7 Å². The largest absolute Gasteiger partial charge is 0.491 e. The smallest absolute Gasteiger partial charge is 0.453 e. The lowest BCUT2D eigenvalue weighted by atomic mass is 10.1. The Kier molecular flexibility index (Phi) is 10.4. The minimum absolute atomic E-state index is 0.0377. The zero-order chi connectivity index (χ0) is 37.3. The Morgan fingerprint density at radius 3 is 2.19 bits per heavy atom. The molecule has 3 aromatic carbocycles. The van der Waals surface area contributed by atoms with Crippen LogP contribution in [0.2, 0.25) is 10.0 Å². The average Bonchev–Trinajstić information content (AvgIpc) is 3.90. The molecule has 0 amide bonds. The van der Waals surface area contributed by atoms with Crippen molar-refractivity contribution in [2.75, 3.05) is 49.2 Å². The second-order valence-corrected chi connectivity index (χ2v) is 13.8. The normalized spacial score (nSPS) is 19.9. The molecule has 3 atom stereocenters. The molecule has 7 rings (SSSR count). The zero-order valence-electron chi connectivity index (χ0n) is 28.9. The van der Waals surface area contributed by atoms with Crippen LogP contribution in [0.1, 0.15) is 37.7 Å². The summed E-state index contributed by atoms with van der Waals surface area (Å²) in [7, 11) is 0. The second-order valence-electron chi connectivity index (χ2n) is 13.0. The Morgan fingerprint density at radius 2 is 1.58 bits per heavy atom. The minimum atomic E-state index is -4.70. The van der Waals surface area contributed by atoms with Crippen molar-refractivity contribution in [2.45, 2.75) is 50.9 Å². The van der Waals surface area contributed by atoms with Crippen molar-refractivity contribution in [3.8, 4) is 11.4 Å². The van der Waals surface area contributed by atoms with E-state index in [-0.39, 0.29) is 36.5 Å². The topological polar surface area (TPSA) is 105 Å². The standard InChI is InChI=1S/C36H37Cl2F3N8O4/c1-3-24(2)49-34(50)48(23-43-49)28-7-5-26(6-8-28)45-14-16-46(17-15-45)27-9-11-29(12-10-27)51-19-30-20-52-35(53-30,31-13-4-25(37)18-32(31)38)21-47-22-42-33(44-47)36(39,40)41/h4-13,18,22-24,30H,3,14-17,19-21H2,1-2H3/t24?,30-,35-/m1/s1. The van der Waals surface area contributed by atoms with Crippen molar-refractivity contribution in [1.82, 2.24) is 29.1 Å². The van der Waals surface area contributed by atoms with E-state index in [1.165, 1.54) is 10.7 Å². The number of hydrogen-bond acceptors (Lipinski definition) is 9. The molecule has 17 heteroatoms. The van der Waals surface area contributed by atoms with E-state index in [0.29, 0.717) is 16.3 Å². The molecule has 2 saturated heterocycles. The van der Waals surface area contributed by atoms with E-state index in [2.05, 4.69) is 25.0 Å². The Balaban J connectivity index is 0.939. The molecule has 53 heavy (non-hydrogen) atoms. The van der Waals surface area contributed by atoms with Crippen molar-refractivity contribution >= 4 is 34.6 Å². The van der Waals surface area contributed by atoms with Gasteiger partial charge in [0.05, 0.1) is 23.4 Å². The molecule has 5 aromatic rings. The molecule has 2 aliphatic rings. The van der Waals surface area contributed by atoms with Crippen LogP contribution in [0.5, 0.6) is 5.75 Å². The summed E-state index contributed by atoms with van der Waals surface area (Å²) in [4.78, 5) is 20.8. The third-order valence-electron chi connectivity index (χ3n) is 9.47. The van der Waals surface area contributed by atoms with Gasteiger partial charge in [0.15, 0.2) is 0 Å². The molecule has 4 heterocycles. The number of hydrogen-bond donors (Lipinski definition) is 0. The summed E-state index contributed by atoms with van der Waals surface area (Å²) in [5.41, 5.74) is 3.17. The third-order valence-corrected chi connectivity index (χ3v) is 10.0. The lowest BCUT2D eigenvalue weighted by Gasteiger charge is -2.37. The predicted octanol–water partition coefficient (Wildman–Crippen LogP) is 6.60. The number of anilines is 2.